The Morgan fingerprint density at radius 3 is 3.00 bits per heavy atom. The van der Waals surface area contributed by atoms with E-state index in [-0.39, 0.29) is 12.2 Å². The third-order valence-corrected chi connectivity index (χ3v) is 3.39. The highest BCUT2D eigenvalue weighted by atomic mass is 16.5. The number of nitrogens with one attached hydrogen (secondary N) is 1. The van der Waals surface area contributed by atoms with E-state index in [0.717, 1.165) is 19.5 Å². The van der Waals surface area contributed by atoms with E-state index in [1.54, 1.807) is 0 Å². The van der Waals surface area contributed by atoms with Crippen LogP contribution in [0.2, 0.25) is 0 Å². The molecule has 3 aliphatic rings. The molecular weight excluding hydrogens is 142 g/mol. The lowest BCUT2D eigenvalue weighted by molar-refractivity contribution is 0.0330. The average molecular weight is 155 g/mol. The summed E-state index contributed by atoms with van der Waals surface area (Å²) in [6.45, 7) is 2.14. The summed E-state index contributed by atoms with van der Waals surface area (Å²) in [6.07, 6.45) is 1.20. The highest BCUT2D eigenvalue weighted by Crippen LogP contribution is 2.44. The molecule has 0 saturated carbocycles. The lowest BCUT2D eigenvalue weighted by atomic mass is 9.80. The predicted octanol–water partition coefficient (Wildman–Crippen LogP) is -0.646. The predicted molar refractivity (Wildman–Crippen MR) is 39.1 cm³/mol. The molecule has 3 fully saturated rings. The maximum atomic E-state index is 9.51. The first-order chi connectivity index (χ1) is 5.36. The van der Waals surface area contributed by atoms with Crippen molar-refractivity contribution < 1.29 is 9.84 Å². The molecule has 3 heteroatoms. The van der Waals surface area contributed by atoms with Gasteiger partial charge in [0.15, 0.2) is 0 Å². The molecule has 0 spiro atoms. The van der Waals surface area contributed by atoms with Crippen molar-refractivity contribution in [1.29, 1.82) is 0 Å². The summed E-state index contributed by atoms with van der Waals surface area (Å²) >= 11 is 0. The Hall–Kier alpha value is -0.120. The van der Waals surface area contributed by atoms with Crippen molar-refractivity contribution in [3.8, 4) is 0 Å². The van der Waals surface area contributed by atoms with Crippen LogP contribution in [0.3, 0.4) is 0 Å². The molecule has 5 atom stereocenters. The molecule has 3 saturated heterocycles. The summed E-state index contributed by atoms with van der Waals surface area (Å²) in [5, 5.41) is 12.9. The lowest BCUT2D eigenvalue weighted by Crippen LogP contribution is -2.35. The van der Waals surface area contributed by atoms with E-state index in [0.29, 0.717) is 17.9 Å². The molecule has 11 heavy (non-hydrogen) atoms. The Balaban J connectivity index is 1.90. The van der Waals surface area contributed by atoms with E-state index in [1.165, 1.54) is 0 Å². The van der Waals surface area contributed by atoms with Gasteiger partial charge >= 0.3 is 0 Å². The molecule has 0 aromatic carbocycles. The van der Waals surface area contributed by atoms with Gasteiger partial charge in [0.2, 0.25) is 0 Å². The third-order valence-electron chi connectivity index (χ3n) is 3.39. The van der Waals surface area contributed by atoms with Crippen molar-refractivity contribution in [2.75, 3.05) is 13.1 Å². The average Bonchev–Trinajstić information content (AvgIpc) is 2.52. The zero-order valence-corrected chi connectivity index (χ0v) is 6.36. The fraction of sp³-hybridized carbons (Fsp3) is 1.00. The molecule has 0 radical (unpaired) electrons. The zero-order chi connectivity index (χ0) is 7.42. The normalized spacial score (nSPS) is 60.3. The van der Waals surface area contributed by atoms with Gasteiger partial charge < -0.3 is 15.2 Å². The summed E-state index contributed by atoms with van der Waals surface area (Å²) in [5.74, 6) is 1.30. The first-order valence-electron chi connectivity index (χ1n) is 4.40. The van der Waals surface area contributed by atoms with Crippen molar-refractivity contribution >= 4 is 0 Å². The smallest absolute Gasteiger partial charge is 0.0883 e. The summed E-state index contributed by atoms with van der Waals surface area (Å²) in [6, 6.07) is 0. The lowest BCUT2D eigenvalue weighted by Gasteiger charge is -2.23. The van der Waals surface area contributed by atoms with Crippen molar-refractivity contribution in [2.45, 2.75) is 24.7 Å². The Morgan fingerprint density at radius 2 is 2.09 bits per heavy atom. The SMILES string of the molecule is OC1CC2OC1C1CNCC21. The van der Waals surface area contributed by atoms with Crippen LogP contribution in [-0.4, -0.2) is 36.5 Å². The number of rotatable bonds is 0. The Labute approximate surface area is 65.7 Å². The van der Waals surface area contributed by atoms with Crippen LogP contribution in [0.25, 0.3) is 0 Å². The van der Waals surface area contributed by atoms with Gasteiger partial charge in [0.25, 0.3) is 0 Å². The first kappa shape index (κ1) is 6.40. The maximum Gasteiger partial charge on any atom is 0.0883 e. The molecule has 0 amide bonds. The van der Waals surface area contributed by atoms with Crippen LogP contribution < -0.4 is 5.32 Å². The van der Waals surface area contributed by atoms with Crippen molar-refractivity contribution in [3.63, 3.8) is 0 Å². The van der Waals surface area contributed by atoms with Crippen LogP contribution in [0.1, 0.15) is 6.42 Å². The standard InChI is InChI=1S/C8H13NO2/c10-6-1-7-4-2-9-3-5(4)8(6)11-7/h4-10H,1-3H2. The molecule has 2 bridgehead atoms. The molecule has 0 aliphatic carbocycles. The minimum absolute atomic E-state index is 0.153. The summed E-state index contributed by atoms with van der Waals surface area (Å²) in [4.78, 5) is 0. The zero-order valence-electron chi connectivity index (χ0n) is 6.36. The van der Waals surface area contributed by atoms with Gasteiger partial charge in [0.1, 0.15) is 0 Å². The second-order valence-electron chi connectivity index (χ2n) is 3.93. The van der Waals surface area contributed by atoms with E-state index >= 15 is 0 Å². The van der Waals surface area contributed by atoms with Crippen LogP contribution in [0.4, 0.5) is 0 Å². The third kappa shape index (κ3) is 0.687. The monoisotopic (exact) mass is 155 g/mol. The van der Waals surface area contributed by atoms with Gasteiger partial charge in [0, 0.05) is 31.3 Å². The van der Waals surface area contributed by atoms with Gasteiger partial charge in [-0.1, -0.05) is 0 Å². The summed E-state index contributed by atoms with van der Waals surface area (Å²) in [5.41, 5.74) is 0. The molecular formula is C8H13NO2. The fourth-order valence-electron chi connectivity index (χ4n) is 2.87. The van der Waals surface area contributed by atoms with E-state index in [2.05, 4.69) is 5.32 Å². The molecule has 2 N–H and O–H groups in total. The van der Waals surface area contributed by atoms with Gasteiger partial charge in [0.05, 0.1) is 18.3 Å². The molecule has 3 aliphatic heterocycles. The largest absolute Gasteiger partial charge is 0.390 e. The highest BCUT2D eigenvalue weighted by molar-refractivity contribution is 5.05. The minimum Gasteiger partial charge on any atom is -0.390 e. The van der Waals surface area contributed by atoms with Gasteiger partial charge in [-0.2, -0.15) is 0 Å². The Kier molecular flexibility index (Phi) is 1.15. The second-order valence-corrected chi connectivity index (χ2v) is 3.93. The number of ether oxygens (including phenoxy) is 1. The van der Waals surface area contributed by atoms with Gasteiger partial charge in [-0.15, -0.1) is 0 Å². The number of hydrogen-bond acceptors (Lipinski definition) is 3. The van der Waals surface area contributed by atoms with E-state index < -0.39 is 0 Å². The molecule has 3 heterocycles. The molecule has 3 nitrogen and oxygen atoms in total. The molecule has 3 rings (SSSR count). The first-order valence-corrected chi connectivity index (χ1v) is 4.40. The van der Waals surface area contributed by atoms with Gasteiger partial charge in [-0.25, -0.2) is 0 Å². The molecule has 5 unspecified atom stereocenters. The molecule has 0 aromatic heterocycles. The quantitative estimate of drug-likeness (QED) is 0.488. The van der Waals surface area contributed by atoms with Crippen molar-refractivity contribution in [3.05, 3.63) is 0 Å². The Bertz CT molecular complexity index is 185. The number of fused-ring (bicyclic) bond motifs is 5. The number of aliphatic hydroxyl groups excluding tert-OH is 1. The maximum absolute atomic E-state index is 9.51. The molecule has 62 valence electrons. The summed E-state index contributed by atoms with van der Waals surface area (Å²) in [7, 11) is 0. The van der Waals surface area contributed by atoms with E-state index in [4.69, 9.17) is 4.74 Å². The highest BCUT2D eigenvalue weighted by Gasteiger charge is 2.55. The van der Waals surface area contributed by atoms with Crippen LogP contribution in [0, 0.1) is 11.8 Å². The van der Waals surface area contributed by atoms with Gasteiger partial charge in [-0.05, 0) is 0 Å². The van der Waals surface area contributed by atoms with Crippen LogP contribution >= 0.6 is 0 Å². The van der Waals surface area contributed by atoms with Crippen LogP contribution in [0.15, 0.2) is 0 Å². The van der Waals surface area contributed by atoms with Crippen molar-refractivity contribution in [2.24, 2.45) is 11.8 Å². The number of aliphatic hydroxyl groups is 1. The van der Waals surface area contributed by atoms with Gasteiger partial charge in [-0.3, -0.25) is 0 Å². The Morgan fingerprint density at radius 1 is 1.27 bits per heavy atom. The fourth-order valence-corrected chi connectivity index (χ4v) is 2.87. The molecule has 0 aromatic rings. The van der Waals surface area contributed by atoms with Crippen molar-refractivity contribution in [1.82, 2.24) is 5.32 Å². The van der Waals surface area contributed by atoms with Crippen LogP contribution in [0.5, 0.6) is 0 Å². The number of hydrogen-bond donors (Lipinski definition) is 2. The summed E-state index contributed by atoms with van der Waals surface area (Å²) < 4.78 is 5.66. The van der Waals surface area contributed by atoms with Crippen LogP contribution in [-0.2, 0) is 4.74 Å². The minimum atomic E-state index is -0.179. The van der Waals surface area contributed by atoms with E-state index in [1.807, 2.05) is 0 Å². The topological polar surface area (TPSA) is 41.5 Å². The van der Waals surface area contributed by atoms with E-state index in [9.17, 15) is 5.11 Å². The second kappa shape index (κ2) is 1.97.